The maximum absolute atomic E-state index is 10.2. The van der Waals surface area contributed by atoms with E-state index in [-0.39, 0.29) is 5.91 Å². The summed E-state index contributed by atoms with van der Waals surface area (Å²) in [5, 5.41) is 8.90. The number of benzene rings is 1. The summed E-state index contributed by atoms with van der Waals surface area (Å²) in [6, 6.07) is 7.93. The zero-order valence-electron chi connectivity index (χ0n) is 19.4. The van der Waals surface area contributed by atoms with E-state index in [2.05, 4.69) is 15.1 Å². The number of hydrogen-bond donors (Lipinski definition) is 3. The Morgan fingerprint density at radius 1 is 1.20 bits per heavy atom. The molecule has 0 aliphatic carbocycles. The van der Waals surface area contributed by atoms with Crippen LogP contribution in [0.5, 0.6) is 0 Å². The summed E-state index contributed by atoms with van der Waals surface area (Å²) >= 11 is 1.53. The number of H-pyrrole nitrogens is 1. The van der Waals surface area contributed by atoms with Gasteiger partial charge in [-0.1, -0.05) is 18.6 Å². The smallest absolute Gasteiger partial charge is 0.217 e. The quantitative estimate of drug-likeness (QED) is 0.249. The van der Waals surface area contributed by atoms with E-state index in [0.717, 1.165) is 76.1 Å². The van der Waals surface area contributed by atoms with Crippen LogP contribution in [0, 0.1) is 0 Å². The van der Waals surface area contributed by atoms with Gasteiger partial charge in [0.05, 0.1) is 40.1 Å². The third-order valence-electron chi connectivity index (χ3n) is 5.65. The Morgan fingerprint density at radius 2 is 2.03 bits per heavy atom. The van der Waals surface area contributed by atoms with Gasteiger partial charge >= 0.3 is 0 Å². The highest BCUT2D eigenvalue weighted by Gasteiger charge is 2.20. The van der Waals surface area contributed by atoms with Crippen molar-refractivity contribution in [2.75, 3.05) is 36.9 Å². The number of nitrogens with one attached hydrogen (secondary N) is 1. The van der Waals surface area contributed by atoms with Crippen molar-refractivity contribution >= 4 is 55.5 Å². The number of fused-ring (bicyclic) bond motifs is 2. The number of ether oxygens (including phenoxy) is 1. The number of unbranched alkanes of at least 4 members (excludes halogenated alkanes) is 3. The molecule has 184 valence electrons. The average molecular weight is 496 g/mol. The molecule has 11 heteroatoms. The van der Waals surface area contributed by atoms with Crippen LogP contribution in [0.1, 0.15) is 32.1 Å². The average Bonchev–Trinajstić information content (AvgIpc) is 3.49. The summed E-state index contributed by atoms with van der Waals surface area (Å²) in [4.78, 5) is 31.9. The summed E-state index contributed by atoms with van der Waals surface area (Å²) in [7, 11) is 0. The number of nitrogens with two attached hydrogens (primary N) is 2. The highest BCUT2D eigenvalue weighted by Crippen LogP contribution is 2.36. The van der Waals surface area contributed by atoms with E-state index in [1.165, 1.54) is 11.3 Å². The second kappa shape index (κ2) is 11.7. The third kappa shape index (κ3) is 6.11. The number of carbonyl (C=O) groups is 2. The molecule has 1 aliphatic heterocycles. The Morgan fingerprint density at radius 3 is 2.80 bits per heavy atom. The van der Waals surface area contributed by atoms with Gasteiger partial charge in [-0.3, -0.25) is 9.89 Å². The molecule has 1 fully saturated rings. The summed E-state index contributed by atoms with van der Waals surface area (Å²) in [6.07, 6.45) is 6.35. The van der Waals surface area contributed by atoms with E-state index in [4.69, 9.17) is 26.2 Å². The van der Waals surface area contributed by atoms with Crippen LogP contribution in [0.4, 0.5) is 10.8 Å². The number of primary amides is 1. The summed E-state index contributed by atoms with van der Waals surface area (Å²) in [6.45, 7) is 3.05. The standard InChI is InChI=1S/C17H16N6OS.C7H13NO2/c18-14-8-13-15(25-14)17(23-4-6-24-7-5-23)21-16(20-13)10-2-1-3-12-11(10)9-19-22-12;8-7(10)5-3-1-2-4-6-9/h1-3,8-9H,4-7,18H2,(H,19,22);6H,1-5H2,(H2,8,10). The predicted octanol–water partition coefficient (Wildman–Crippen LogP) is 3.27. The van der Waals surface area contributed by atoms with E-state index in [0.29, 0.717) is 31.9 Å². The minimum atomic E-state index is -0.258. The number of morpholine rings is 1. The third-order valence-corrected chi connectivity index (χ3v) is 6.60. The molecule has 1 amide bonds. The van der Waals surface area contributed by atoms with Crippen molar-refractivity contribution in [1.29, 1.82) is 0 Å². The lowest BCUT2D eigenvalue weighted by Crippen LogP contribution is -2.36. The molecule has 0 spiro atoms. The zero-order valence-corrected chi connectivity index (χ0v) is 20.2. The van der Waals surface area contributed by atoms with Gasteiger partial charge in [0, 0.05) is 36.9 Å². The molecule has 1 aromatic carbocycles. The van der Waals surface area contributed by atoms with Crippen LogP contribution in [0.2, 0.25) is 0 Å². The van der Waals surface area contributed by atoms with Gasteiger partial charge in [-0.25, -0.2) is 9.97 Å². The van der Waals surface area contributed by atoms with E-state index >= 15 is 0 Å². The molecule has 10 nitrogen and oxygen atoms in total. The van der Waals surface area contributed by atoms with Crippen LogP contribution < -0.4 is 16.4 Å². The number of anilines is 2. The van der Waals surface area contributed by atoms with Crippen molar-refractivity contribution in [3.63, 3.8) is 0 Å². The zero-order chi connectivity index (χ0) is 24.6. The molecular formula is C24H29N7O3S. The van der Waals surface area contributed by atoms with E-state index < -0.39 is 0 Å². The topological polar surface area (TPSA) is 153 Å². The van der Waals surface area contributed by atoms with Crippen LogP contribution in [0.25, 0.3) is 32.5 Å². The Bertz CT molecular complexity index is 1300. The summed E-state index contributed by atoms with van der Waals surface area (Å²) < 4.78 is 6.51. The van der Waals surface area contributed by atoms with Crippen molar-refractivity contribution in [2.24, 2.45) is 5.73 Å². The number of nitrogens with zero attached hydrogens (tertiary/aromatic N) is 4. The molecule has 3 aromatic heterocycles. The fourth-order valence-electron chi connectivity index (χ4n) is 3.91. The molecule has 0 bridgehead atoms. The van der Waals surface area contributed by atoms with Crippen LogP contribution >= 0.6 is 11.3 Å². The van der Waals surface area contributed by atoms with Gasteiger partial charge in [0.1, 0.15) is 6.29 Å². The van der Waals surface area contributed by atoms with Crippen molar-refractivity contribution in [2.45, 2.75) is 32.1 Å². The molecule has 0 saturated carbocycles. The Hall–Kier alpha value is -3.57. The minimum absolute atomic E-state index is 0.258. The molecular weight excluding hydrogens is 466 g/mol. The Labute approximate surface area is 206 Å². The number of aromatic amines is 1. The van der Waals surface area contributed by atoms with Crippen molar-refractivity contribution in [1.82, 2.24) is 20.2 Å². The van der Waals surface area contributed by atoms with Crippen LogP contribution in [0.15, 0.2) is 30.5 Å². The molecule has 4 aromatic rings. The Kier molecular flexibility index (Phi) is 8.22. The first-order chi connectivity index (χ1) is 17.1. The second-order valence-corrected chi connectivity index (χ2v) is 9.29. The first-order valence-electron chi connectivity index (χ1n) is 11.6. The minimum Gasteiger partial charge on any atom is -0.391 e. The van der Waals surface area contributed by atoms with Crippen molar-refractivity contribution in [3.8, 4) is 11.4 Å². The fourth-order valence-corrected chi connectivity index (χ4v) is 4.79. The predicted molar refractivity (Wildman–Crippen MR) is 138 cm³/mol. The number of hydrogen-bond acceptors (Lipinski definition) is 9. The van der Waals surface area contributed by atoms with Gasteiger partial charge in [-0.2, -0.15) is 5.10 Å². The van der Waals surface area contributed by atoms with Gasteiger partial charge < -0.3 is 25.9 Å². The van der Waals surface area contributed by atoms with Gasteiger partial charge in [-0.15, -0.1) is 11.3 Å². The monoisotopic (exact) mass is 495 g/mol. The molecule has 35 heavy (non-hydrogen) atoms. The van der Waals surface area contributed by atoms with Gasteiger partial charge in [-0.05, 0) is 25.0 Å². The molecule has 1 saturated heterocycles. The first-order valence-corrected chi connectivity index (χ1v) is 12.4. The largest absolute Gasteiger partial charge is 0.391 e. The summed E-state index contributed by atoms with van der Waals surface area (Å²) in [5.41, 5.74) is 13.8. The second-order valence-electron chi connectivity index (χ2n) is 8.20. The maximum atomic E-state index is 10.2. The summed E-state index contributed by atoms with van der Waals surface area (Å²) in [5.74, 6) is 1.37. The van der Waals surface area contributed by atoms with Crippen LogP contribution in [-0.4, -0.2) is 58.7 Å². The van der Waals surface area contributed by atoms with E-state index in [1.54, 1.807) is 0 Å². The molecule has 0 radical (unpaired) electrons. The van der Waals surface area contributed by atoms with Crippen molar-refractivity contribution < 1.29 is 14.3 Å². The van der Waals surface area contributed by atoms with Crippen LogP contribution in [0.3, 0.4) is 0 Å². The number of aldehydes is 1. The van der Waals surface area contributed by atoms with Crippen LogP contribution in [-0.2, 0) is 14.3 Å². The number of thiophene rings is 1. The lowest BCUT2D eigenvalue weighted by Gasteiger charge is -2.28. The molecule has 1 aliphatic rings. The number of aromatic nitrogens is 4. The SMILES string of the molecule is NC(=O)CCCCCC=O.Nc1cc2nc(-c3cccc4[nH]ncc34)nc(N3CCOCC3)c2s1. The number of rotatable bonds is 8. The number of amides is 1. The van der Waals surface area contributed by atoms with Gasteiger partial charge in [0.25, 0.3) is 0 Å². The van der Waals surface area contributed by atoms with Gasteiger partial charge in [0.2, 0.25) is 5.91 Å². The fraction of sp³-hybridized carbons (Fsp3) is 0.375. The highest BCUT2D eigenvalue weighted by atomic mass is 32.1. The molecule has 5 N–H and O–H groups in total. The molecule has 0 unspecified atom stereocenters. The number of carbonyl (C=O) groups excluding carboxylic acids is 2. The Balaban J connectivity index is 0.000000248. The molecule has 5 rings (SSSR count). The number of nitrogen functional groups attached to an aromatic ring is 1. The first kappa shape index (κ1) is 24.6. The lowest BCUT2D eigenvalue weighted by atomic mass is 10.1. The van der Waals surface area contributed by atoms with Gasteiger partial charge in [0.15, 0.2) is 11.6 Å². The lowest BCUT2D eigenvalue weighted by molar-refractivity contribution is -0.118. The molecule has 0 atom stereocenters. The normalized spacial score (nSPS) is 13.5. The highest BCUT2D eigenvalue weighted by molar-refractivity contribution is 7.23. The van der Waals surface area contributed by atoms with E-state index in [9.17, 15) is 9.59 Å². The van der Waals surface area contributed by atoms with Crippen molar-refractivity contribution in [3.05, 3.63) is 30.5 Å². The maximum Gasteiger partial charge on any atom is 0.217 e. The molecule has 4 heterocycles. The van der Waals surface area contributed by atoms with E-state index in [1.807, 2.05) is 30.5 Å².